The van der Waals surface area contributed by atoms with Gasteiger partial charge in [-0.1, -0.05) is 39.5 Å². The van der Waals surface area contributed by atoms with Crippen molar-refractivity contribution in [2.75, 3.05) is 6.61 Å². The molecule has 0 aliphatic heterocycles. The van der Waals surface area contributed by atoms with Crippen molar-refractivity contribution in [2.45, 2.75) is 77.8 Å². The SMILES string of the molecule is CCOC(=O)C(CC(C)C)NC1CCCCCC1. The van der Waals surface area contributed by atoms with Crippen molar-refractivity contribution in [1.29, 1.82) is 0 Å². The minimum absolute atomic E-state index is 0.0737. The smallest absolute Gasteiger partial charge is 0.323 e. The minimum atomic E-state index is -0.118. The maximum absolute atomic E-state index is 12.0. The molecule has 18 heavy (non-hydrogen) atoms. The molecule has 1 N–H and O–H groups in total. The van der Waals surface area contributed by atoms with Gasteiger partial charge in [0.05, 0.1) is 6.61 Å². The van der Waals surface area contributed by atoms with Crippen LogP contribution in [-0.4, -0.2) is 24.7 Å². The predicted molar refractivity (Wildman–Crippen MR) is 74.5 cm³/mol. The van der Waals surface area contributed by atoms with Gasteiger partial charge in [-0.3, -0.25) is 4.79 Å². The predicted octanol–water partition coefficient (Wildman–Crippen LogP) is 3.28. The first-order valence-electron chi connectivity index (χ1n) is 7.56. The fourth-order valence-corrected chi connectivity index (χ4v) is 2.68. The molecule has 1 aliphatic carbocycles. The number of hydrogen-bond acceptors (Lipinski definition) is 3. The van der Waals surface area contributed by atoms with Gasteiger partial charge >= 0.3 is 5.97 Å². The summed E-state index contributed by atoms with van der Waals surface area (Å²) in [4.78, 5) is 12.0. The van der Waals surface area contributed by atoms with Gasteiger partial charge in [0.25, 0.3) is 0 Å². The Balaban J connectivity index is 2.50. The van der Waals surface area contributed by atoms with E-state index in [4.69, 9.17) is 4.74 Å². The van der Waals surface area contributed by atoms with Crippen LogP contribution in [0.2, 0.25) is 0 Å². The van der Waals surface area contributed by atoms with Crippen LogP contribution in [0.15, 0.2) is 0 Å². The van der Waals surface area contributed by atoms with Gasteiger partial charge in [0.2, 0.25) is 0 Å². The van der Waals surface area contributed by atoms with Crippen molar-refractivity contribution in [1.82, 2.24) is 5.32 Å². The topological polar surface area (TPSA) is 38.3 Å². The van der Waals surface area contributed by atoms with E-state index in [2.05, 4.69) is 19.2 Å². The molecular weight excluding hydrogens is 226 g/mol. The summed E-state index contributed by atoms with van der Waals surface area (Å²) in [5.41, 5.74) is 0. The maximum atomic E-state index is 12.0. The number of ether oxygens (including phenoxy) is 1. The van der Waals surface area contributed by atoms with E-state index in [1.54, 1.807) is 0 Å². The second kappa shape index (κ2) is 8.52. The lowest BCUT2D eigenvalue weighted by Crippen LogP contribution is -2.44. The Morgan fingerprint density at radius 1 is 1.22 bits per heavy atom. The van der Waals surface area contributed by atoms with Crippen LogP contribution in [-0.2, 0) is 9.53 Å². The number of carbonyl (C=O) groups excluding carboxylic acids is 1. The van der Waals surface area contributed by atoms with Gasteiger partial charge in [-0.2, -0.15) is 0 Å². The molecular formula is C15H29NO2. The van der Waals surface area contributed by atoms with Crippen LogP contribution in [0.1, 0.15) is 65.7 Å². The number of nitrogens with one attached hydrogen (secondary N) is 1. The van der Waals surface area contributed by atoms with Crippen molar-refractivity contribution in [3.63, 3.8) is 0 Å². The molecule has 1 saturated carbocycles. The highest BCUT2D eigenvalue weighted by atomic mass is 16.5. The molecule has 0 saturated heterocycles. The first kappa shape index (κ1) is 15.5. The Morgan fingerprint density at radius 2 is 1.83 bits per heavy atom. The van der Waals surface area contributed by atoms with E-state index >= 15 is 0 Å². The standard InChI is InChI=1S/C15H29NO2/c1-4-18-15(17)14(11-12(2)3)16-13-9-7-5-6-8-10-13/h12-14,16H,4-11H2,1-3H3. The molecule has 0 bridgehead atoms. The third kappa shape index (κ3) is 5.85. The summed E-state index contributed by atoms with van der Waals surface area (Å²) in [5, 5.41) is 3.54. The number of rotatable bonds is 6. The van der Waals surface area contributed by atoms with Crippen LogP contribution >= 0.6 is 0 Å². The molecule has 0 radical (unpaired) electrons. The molecule has 3 heteroatoms. The van der Waals surface area contributed by atoms with Gasteiger partial charge in [0, 0.05) is 6.04 Å². The van der Waals surface area contributed by atoms with Gasteiger partial charge < -0.3 is 10.1 Å². The van der Waals surface area contributed by atoms with Gasteiger partial charge in [0.15, 0.2) is 0 Å². The van der Waals surface area contributed by atoms with Crippen LogP contribution in [0.3, 0.4) is 0 Å². The zero-order chi connectivity index (χ0) is 13.4. The fourth-order valence-electron chi connectivity index (χ4n) is 2.68. The summed E-state index contributed by atoms with van der Waals surface area (Å²) < 4.78 is 5.18. The summed E-state index contributed by atoms with van der Waals surface area (Å²) in [6.07, 6.45) is 8.53. The lowest BCUT2D eigenvalue weighted by atomic mass is 10.0. The third-order valence-electron chi connectivity index (χ3n) is 3.57. The minimum Gasteiger partial charge on any atom is -0.465 e. The van der Waals surface area contributed by atoms with E-state index in [1.165, 1.54) is 38.5 Å². The summed E-state index contributed by atoms with van der Waals surface area (Å²) in [5.74, 6) is 0.438. The van der Waals surface area contributed by atoms with E-state index in [0.29, 0.717) is 18.6 Å². The average molecular weight is 255 g/mol. The molecule has 0 aromatic carbocycles. The van der Waals surface area contributed by atoms with E-state index in [0.717, 1.165) is 6.42 Å². The van der Waals surface area contributed by atoms with Crippen LogP contribution < -0.4 is 5.32 Å². The zero-order valence-corrected chi connectivity index (χ0v) is 12.2. The van der Waals surface area contributed by atoms with Gasteiger partial charge in [0.1, 0.15) is 6.04 Å². The van der Waals surface area contributed by atoms with Crippen LogP contribution in [0.25, 0.3) is 0 Å². The molecule has 1 rings (SSSR count). The molecule has 0 aromatic heterocycles. The lowest BCUT2D eigenvalue weighted by molar-refractivity contribution is -0.146. The largest absolute Gasteiger partial charge is 0.465 e. The van der Waals surface area contributed by atoms with E-state index < -0.39 is 0 Å². The molecule has 0 amide bonds. The maximum Gasteiger partial charge on any atom is 0.323 e. The van der Waals surface area contributed by atoms with Gasteiger partial charge in [-0.05, 0) is 32.1 Å². The molecule has 1 unspecified atom stereocenters. The summed E-state index contributed by atoms with van der Waals surface area (Å²) in [6, 6.07) is 0.383. The van der Waals surface area contributed by atoms with Crippen LogP contribution in [0, 0.1) is 5.92 Å². The van der Waals surface area contributed by atoms with Crippen molar-refractivity contribution < 1.29 is 9.53 Å². The molecule has 1 aliphatic rings. The van der Waals surface area contributed by atoms with Crippen LogP contribution in [0.5, 0.6) is 0 Å². The highest BCUT2D eigenvalue weighted by Crippen LogP contribution is 2.19. The number of hydrogen-bond donors (Lipinski definition) is 1. The van der Waals surface area contributed by atoms with Crippen molar-refractivity contribution in [2.24, 2.45) is 5.92 Å². The fraction of sp³-hybridized carbons (Fsp3) is 0.933. The second-order valence-electron chi connectivity index (χ2n) is 5.79. The average Bonchev–Trinajstić information content (AvgIpc) is 2.56. The van der Waals surface area contributed by atoms with E-state index in [1.807, 2.05) is 6.92 Å². The molecule has 1 atom stereocenters. The highest BCUT2D eigenvalue weighted by molar-refractivity contribution is 5.75. The van der Waals surface area contributed by atoms with E-state index in [9.17, 15) is 4.79 Å². The Bertz CT molecular complexity index is 233. The summed E-state index contributed by atoms with van der Waals surface area (Å²) >= 11 is 0. The first-order valence-corrected chi connectivity index (χ1v) is 7.56. The van der Waals surface area contributed by atoms with Gasteiger partial charge in [-0.15, -0.1) is 0 Å². The molecule has 106 valence electrons. The van der Waals surface area contributed by atoms with Crippen molar-refractivity contribution in [3.8, 4) is 0 Å². The molecule has 0 spiro atoms. The zero-order valence-electron chi connectivity index (χ0n) is 12.2. The Morgan fingerprint density at radius 3 is 2.33 bits per heavy atom. The Kier molecular flexibility index (Phi) is 7.33. The number of carbonyl (C=O) groups is 1. The van der Waals surface area contributed by atoms with Crippen LogP contribution in [0.4, 0.5) is 0 Å². The molecule has 1 fully saturated rings. The molecule has 0 heterocycles. The van der Waals surface area contributed by atoms with Gasteiger partial charge in [-0.25, -0.2) is 0 Å². The van der Waals surface area contributed by atoms with Crippen molar-refractivity contribution >= 4 is 5.97 Å². The molecule has 0 aromatic rings. The third-order valence-corrected chi connectivity index (χ3v) is 3.57. The van der Waals surface area contributed by atoms with Crippen molar-refractivity contribution in [3.05, 3.63) is 0 Å². The Labute approximate surface area is 112 Å². The normalized spacial score (nSPS) is 19.6. The lowest BCUT2D eigenvalue weighted by Gasteiger charge is -2.24. The number of esters is 1. The summed E-state index contributed by atoms with van der Waals surface area (Å²) in [7, 11) is 0. The first-order chi connectivity index (χ1) is 8.63. The quantitative estimate of drug-likeness (QED) is 0.585. The highest BCUT2D eigenvalue weighted by Gasteiger charge is 2.24. The Hall–Kier alpha value is -0.570. The summed E-state index contributed by atoms with van der Waals surface area (Å²) in [6.45, 7) is 6.65. The van der Waals surface area contributed by atoms with E-state index in [-0.39, 0.29) is 12.0 Å². The molecule has 3 nitrogen and oxygen atoms in total. The monoisotopic (exact) mass is 255 g/mol. The second-order valence-corrected chi connectivity index (χ2v) is 5.79.